The Morgan fingerprint density at radius 1 is 0.792 bits per heavy atom. The van der Waals surface area contributed by atoms with Crippen LogP contribution in [0.1, 0.15) is 78.1 Å². The number of unbranched alkanes of at least 4 members (excludes halogenated alkanes) is 2. The molecule has 0 heterocycles. The number of carbonyl (C=O) groups is 2. The van der Waals surface area contributed by atoms with E-state index in [1.165, 1.54) is 0 Å². The molecule has 2 aliphatic carbocycles. The Labute approximate surface area is 146 Å². The van der Waals surface area contributed by atoms with Crippen LogP contribution in [0.3, 0.4) is 0 Å². The van der Waals surface area contributed by atoms with Gasteiger partial charge in [0.2, 0.25) is 0 Å². The third kappa shape index (κ3) is 3.94. The predicted molar refractivity (Wildman–Crippen MR) is 93.7 cm³/mol. The molecular formula is C20H34O4. The summed E-state index contributed by atoms with van der Waals surface area (Å²) in [7, 11) is 0. The van der Waals surface area contributed by atoms with E-state index in [0.717, 1.165) is 64.2 Å². The van der Waals surface area contributed by atoms with Crippen molar-refractivity contribution in [1.82, 2.24) is 0 Å². The second kappa shape index (κ2) is 8.87. The van der Waals surface area contributed by atoms with Gasteiger partial charge in [0.1, 0.15) is 0 Å². The maximum atomic E-state index is 12.1. The number of rotatable bonds is 8. The van der Waals surface area contributed by atoms with Gasteiger partial charge in [-0.3, -0.25) is 9.59 Å². The second-order valence-electron chi connectivity index (χ2n) is 7.95. The van der Waals surface area contributed by atoms with Crippen LogP contribution in [0.4, 0.5) is 0 Å². The average Bonchev–Trinajstić information content (AvgIpc) is 2.56. The fraction of sp³-hybridized carbons (Fsp3) is 0.900. The Hall–Kier alpha value is -1.06. The van der Waals surface area contributed by atoms with E-state index in [0.29, 0.717) is 0 Å². The summed E-state index contributed by atoms with van der Waals surface area (Å²) in [5, 5.41) is 19.9. The molecular weight excluding hydrogens is 304 g/mol. The van der Waals surface area contributed by atoms with E-state index in [1.807, 2.05) is 0 Å². The van der Waals surface area contributed by atoms with Crippen molar-refractivity contribution in [3.63, 3.8) is 0 Å². The van der Waals surface area contributed by atoms with Gasteiger partial charge in [0, 0.05) is 0 Å². The van der Waals surface area contributed by atoms with E-state index >= 15 is 0 Å². The molecule has 0 aromatic carbocycles. The Bertz CT molecular complexity index is 393. The molecule has 4 heteroatoms. The molecule has 138 valence electrons. The van der Waals surface area contributed by atoms with Gasteiger partial charge in [-0.15, -0.1) is 0 Å². The van der Waals surface area contributed by atoms with Crippen LogP contribution in [-0.2, 0) is 9.59 Å². The van der Waals surface area contributed by atoms with Crippen LogP contribution in [0.2, 0.25) is 0 Å². The largest absolute Gasteiger partial charge is 0.481 e. The van der Waals surface area contributed by atoms with Crippen molar-refractivity contribution in [2.24, 2.45) is 35.5 Å². The molecule has 0 radical (unpaired) electrons. The van der Waals surface area contributed by atoms with Crippen molar-refractivity contribution < 1.29 is 19.8 Å². The highest BCUT2D eigenvalue weighted by Crippen LogP contribution is 2.54. The van der Waals surface area contributed by atoms with Crippen molar-refractivity contribution in [1.29, 1.82) is 0 Å². The fourth-order valence-corrected chi connectivity index (χ4v) is 5.65. The van der Waals surface area contributed by atoms with Gasteiger partial charge in [-0.1, -0.05) is 52.4 Å². The maximum Gasteiger partial charge on any atom is 0.307 e. The molecule has 0 spiro atoms. The van der Waals surface area contributed by atoms with Crippen LogP contribution >= 0.6 is 0 Å². The van der Waals surface area contributed by atoms with Crippen molar-refractivity contribution in [3.05, 3.63) is 0 Å². The molecule has 2 saturated carbocycles. The van der Waals surface area contributed by atoms with E-state index in [1.54, 1.807) is 0 Å². The first-order valence-corrected chi connectivity index (χ1v) is 9.98. The van der Waals surface area contributed by atoms with Crippen molar-refractivity contribution in [2.75, 3.05) is 0 Å². The van der Waals surface area contributed by atoms with Gasteiger partial charge in [0.05, 0.1) is 11.8 Å². The van der Waals surface area contributed by atoms with Gasteiger partial charge < -0.3 is 10.2 Å². The number of aliphatic carboxylic acids is 2. The number of carboxylic acid groups (broad SMARTS) is 2. The molecule has 2 N–H and O–H groups in total. The lowest BCUT2D eigenvalue weighted by molar-refractivity contribution is -0.168. The average molecular weight is 338 g/mol. The molecule has 24 heavy (non-hydrogen) atoms. The Morgan fingerprint density at radius 3 is 1.46 bits per heavy atom. The van der Waals surface area contributed by atoms with E-state index < -0.39 is 11.9 Å². The second-order valence-corrected chi connectivity index (χ2v) is 7.95. The Balaban J connectivity index is 2.38. The summed E-state index contributed by atoms with van der Waals surface area (Å²) in [5.41, 5.74) is 0. The van der Waals surface area contributed by atoms with Gasteiger partial charge in [0.15, 0.2) is 0 Å². The minimum Gasteiger partial charge on any atom is -0.481 e. The number of fused-ring (bicyclic) bond motifs is 1. The highest BCUT2D eigenvalue weighted by Gasteiger charge is 2.54. The van der Waals surface area contributed by atoms with Gasteiger partial charge in [-0.05, 0) is 49.4 Å². The molecule has 2 aliphatic rings. The summed E-state index contributed by atoms with van der Waals surface area (Å²) in [6.07, 6.45) is 9.72. The molecule has 0 aliphatic heterocycles. The van der Waals surface area contributed by atoms with Gasteiger partial charge in [-0.25, -0.2) is 0 Å². The van der Waals surface area contributed by atoms with E-state index in [9.17, 15) is 19.8 Å². The highest BCUT2D eigenvalue weighted by atomic mass is 16.4. The zero-order valence-corrected chi connectivity index (χ0v) is 15.2. The smallest absolute Gasteiger partial charge is 0.307 e. The molecule has 0 aromatic heterocycles. The zero-order valence-electron chi connectivity index (χ0n) is 15.2. The van der Waals surface area contributed by atoms with E-state index in [-0.39, 0.29) is 35.5 Å². The number of hydrogen-bond donors (Lipinski definition) is 2. The van der Waals surface area contributed by atoms with Crippen molar-refractivity contribution in [2.45, 2.75) is 78.1 Å². The summed E-state index contributed by atoms with van der Waals surface area (Å²) >= 11 is 0. The molecule has 0 aromatic rings. The topological polar surface area (TPSA) is 74.6 Å². The highest BCUT2D eigenvalue weighted by molar-refractivity contribution is 5.74. The third-order valence-corrected chi connectivity index (χ3v) is 6.62. The number of hydrogen-bond acceptors (Lipinski definition) is 2. The van der Waals surface area contributed by atoms with Crippen LogP contribution in [0.25, 0.3) is 0 Å². The van der Waals surface area contributed by atoms with Gasteiger partial charge >= 0.3 is 11.9 Å². The minimum absolute atomic E-state index is 0.0365. The monoisotopic (exact) mass is 338 g/mol. The SMILES string of the molecule is CCCCC1C(CCCC)C(C(=O)O)C2CCCCC2C1C(=O)O. The quantitative estimate of drug-likeness (QED) is 0.665. The van der Waals surface area contributed by atoms with Crippen LogP contribution in [0, 0.1) is 35.5 Å². The standard InChI is InChI=1S/C20H34O4/c1-3-5-9-13-14(10-6-4-2)18(20(23)24)16-12-8-7-11-15(16)17(13)19(21)22/h13-18H,3-12H2,1-2H3,(H,21,22)(H,23,24). The van der Waals surface area contributed by atoms with E-state index in [4.69, 9.17) is 0 Å². The summed E-state index contributed by atoms with van der Waals surface area (Å²) in [6, 6.07) is 0. The minimum atomic E-state index is -0.682. The van der Waals surface area contributed by atoms with Gasteiger partial charge in [-0.2, -0.15) is 0 Å². The van der Waals surface area contributed by atoms with Crippen LogP contribution in [0.5, 0.6) is 0 Å². The van der Waals surface area contributed by atoms with Crippen LogP contribution in [0.15, 0.2) is 0 Å². The predicted octanol–water partition coefficient (Wildman–Crippen LogP) is 4.82. The first-order chi connectivity index (χ1) is 11.5. The fourth-order valence-electron chi connectivity index (χ4n) is 5.65. The lowest BCUT2D eigenvalue weighted by atomic mass is 9.52. The number of carboxylic acids is 2. The molecule has 6 unspecified atom stereocenters. The Morgan fingerprint density at radius 2 is 1.17 bits per heavy atom. The lowest BCUT2D eigenvalue weighted by Crippen LogP contribution is -2.52. The van der Waals surface area contributed by atoms with E-state index in [2.05, 4.69) is 13.8 Å². The normalized spacial score (nSPS) is 36.1. The first kappa shape index (κ1) is 19.3. The zero-order chi connectivity index (χ0) is 17.7. The van der Waals surface area contributed by atoms with Crippen LogP contribution in [-0.4, -0.2) is 22.2 Å². The molecule has 0 amide bonds. The van der Waals surface area contributed by atoms with Crippen LogP contribution < -0.4 is 0 Å². The molecule has 0 saturated heterocycles. The molecule has 4 nitrogen and oxygen atoms in total. The summed E-state index contributed by atoms with van der Waals surface area (Å²) in [5.74, 6) is -1.83. The lowest BCUT2D eigenvalue weighted by Gasteiger charge is -2.51. The summed E-state index contributed by atoms with van der Waals surface area (Å²) in [6.45, 7) is 4.25. The summed E-state index contributed by atoms with van der Waals surface area (Å²) < 4.78 is 0. The molecule has 2 fully saturated rings. The van der Waals surface area contributed by atoms with Crippen molar-refractivity contribution in [3.8, 4) is 0 Å². The van der Waals surface area contributed by atoms with Gasteiger partial charge in [0.25, 0.3) is 0 Å². The van der Waals surface area contributed by atoms with Crippen molar-refractivity contribution >= 4 is 11.9 Å². The third-order valence-electron chi connectivity index (χ3n) is 6.62. The first-order valence-electron chi connectivity index (χ1n) is 9.98. The molecule has 6 atom stereocenters. The summed E-state index contributed by atoms with van der Waals surface area (Å²) in [4.78, 5) is 24.3. The molecule has 0 bridgehead atoms. The molecule has 2 rings (SSSR count). The Kier molecular flexibility index (Phi) is 7.12. The maximum absolute atomic E-state index is 12.1.